The smallest absolute Gasteiger partial charge is 0.255 e. The van der Waals surface area contributed by atoms with E-state index in [1.807, 2.05) is 48.5 Å². The lowest BCUT2D eigenvalue weighted by Crippen LogP contribution is -2.46. The average molecular weight is 429 g/mol. The molecule has 1 aliphatic heterocycles. The van der Waals surface area contributed by atoms with Crippen LogP contribution in [0.1, 0.15) is 48.0 Å². The molecule has 1 N–H and O–H groups in total. The predicted molar refractivity (Wildman–Crippen MR) is 116 cm³/mol. The van der Waals surface area contributed by atoms with Crippen LogP contribution in [0.5, 0.6) is 5.75 Å². The Morgan fingerprint density at radius 1 is 0.967 bits per heavy atom. The molecule has 160 valence electrons. The Morgan fingerprint density at radius 2 is 1.63 bits per heavy atom. The van der Waals surface area contributed by atoms with Crippen LogP contribution < -0.4 is 10.1 Å². The monoisotopic (exact) mass is 428 g/mol. The molecule has 1 saturated heterocycles. The lowest BCUT2D eigenvalue weighted by molar-refractivity contribution is 0.0900. The molecular formula is C23H28N2O4S. The first-order valence-corrected chi connectivity index (χ1v) is 12.2. The molecule has 2 aromatic rings. The molecule has 2 fully saturated rings. The van der Waals surface area contributed by atoms with E-state index in [1.54, 1.807) is 6.07 Å². The zero-order chi connectivity index (χ0) is 21.0. The molecule has 1 heterocycles. The fraction of sp³-hybridized carbons (Fsp3) is 0.435. The molecule has 0 atom stereocenters. The minimum absolute atomic E-state index is 0.0107. The third kappa shape index (κ3) is 5.02. The minimum atomic E-state index is -3.36. The van der Waals surface area contributed by atoms with Crippen LogP contribution in [0, 0.1) is 0 Å². The number of hydrogen-bond acceptors (Lipinski definition) is 4. The Labute approximate surface area is 178 Å². The molecule has 0 bridgehead atoms. The highest BCUT2D eigenvalue weighted by Gasteiger charge is 2.29. The van der Waals surface area contributed by atoms with Crippen molar-refractivity contribution in [3.63, 3.8) is 0 Å². The Bertz CT molecular complexity index is 966. The first-order chi connectivity index (χ1) is 14.5. The van der Waals surface area contributed by atoms with E-state index in [1.165, 1.54) is 10.7 Å². The lowest BCUT2D eigenvalue weighted by Gasteiger charge is -2.32. The second-order valence-electron chi connectivity index (χ2n) is 8.06. The van der Waals surface area contributed by atoms with E-state index in [0.717, 1.165) is 18.4 Å². The first kappa shape index (κ1) is 20.9. The van der Waals surface area contributed by atoms with Crippen LogP contribution in [0.15, 0.2) is 54.6 Å². The number of benzene rings is 2. The summed E-state index contributed by atoms with van der Waals surface area (Å²) in [5.74, 6) is 0.481. The second kappa shape index (κ2) is 9.18. The first-order valence-electron chi connectivity index (χ1n) is 10.6. The van der Waals surface area contributed by atoms with Gasteiger partial charge in [-0.05, 0) is 49.8 Å². The SMILES string of the molecule is O=C(NC1CCN(S(=O)(=O)Cc2ccccc2)CC1)c1ccccc1OC1CCC1. The van der Waals surface area contributed by atoms with Gasteiger partial charge in [0.25, 0.3) is 5.91 Å². The van der Waals surface area contributed by atoms with E-state index in [2.05, 4.69) is 5.32 Å². The average Bonchev–Trinajstić information content (AvgIpc) is 2.72. The number of carbonyl (C=O) groups excluding carboxylic acids is 1. The highest BCUT2D eigenvalue weighted by molar-refractivity contribution is 7.88. The van der Waals surface area contributed by atoms with Crippen molar-refractivity contribution < 1.29 is 17.9 Å². The van der Waals surface area contributed by atoms with Gasteiger partial charge in [0.15, 0.2) is 0 Å². The summed E-state index contributed by atoms with van der Waals surface area (Å²) in [5, 5.41) is 3.07. The Morgan fingerprint density at radius 3 is 2.30 bits per heavy atom. The summed E-state index contributed by atoms with van der Waals surface area (Å²) >= 11 is 0. The van der Waals surface area contributed by atoms with Crippen molar-refractivity contribution in [2.45, 2.75) is 50.0 Å². The Balaban J connectivity index is 1.32. The summed E-state index contributed by atoms with van der Waals surface area (Å²) < 4.78 is 32.9. The molecule has 0 radical (unpaired) electrons. The maximum atomic E-state index is 12.8. The Hall–Kier alpha value is -2.38. The molecule has 1 saturated carbocycles. The topological polar surface area (TPSA) is 75.7 Å². The highest BCUT2D eigenvalue weighted by atomic mass is 32.2. The van der Waals surface area contributed by atoms with Gasteiger partial charge in [-0.25, -0.2) is 12.7 Å². The quantitative estimate of drug-likeness (QED) is 0.734. The van der Waals surface area contributed by atoms with Crippen molar-refractivity contribution in [1.82, 2.24) is 9.62 Å². The minimum Gasteiger partial charge on any atom is -0.490 e. The zero-order valence-corrected chi connectivity index (χ0v) is 17.8. The van der Waals surface area contributed by atoms with Crippen molar-refractivity contribution in [3.05, 3.63) is 65.7 Å². The summed E-state index contributed by atoms with van der Waals surface area (Å²) in [6, 6.07) is 16.5. The number of carbonyl (C=O) groups is 1. The number of nitrogens with zero attached hydrogens (tertiary/aromatic N) is 1. The molecule has 1 amide bonds. The number of para-hydroxylation sites is 1. The van der Waals surface area contributed by atoms with Crippen LogP contribution in [0.25, 0.3) is 0 Å². The number of sulfonamides is 1. The van der Waals surface area contributed by atoms with Gasteiger partial charge in [-0.15, -0.1) is 0 Å². The summed E-state index contributed by atoms with van der Waals surface area (Å²) in [4.78, 5) is 12.8. The van der Waals surface area contributed by atoms with E-state index in [9.17, 15) is 13.2 Å². The van der Waals surface area contributed by atoms with Gasteiger partial charge in [-0.2, -0.15) is 0 Å². The van der Waals surface area contributed by atoms with E-state index in [-0.39, 0.29) is 23.8 Å². The van der Waals surface area contributed by atoms with Gasteiger partial charge in [0.1, 0.15) is 5.75 Å². The second-order valence-corrected chi connectivity index (χ2v) is 10.0. The fourth-order valence-electron chi connectivity index (χ4n) is 3.84. The van der Waals surface area contributed by atoms with Gasteiger partial charge in [0.2, 0.25) is 10.0 Å². The standard InChI is InChI=1S/C23H28N2O4S/c26-23(21-11-4-5-12-22(21)29-20-9-6-10-20)24-19-13-15-25(16-14-19)30(27,28)17-18-7-2-1-3-8-18/h1-5,7-8,11-12,19-20H,6,9-10,13-17H2,(H,24,26). The number of rotatable bonds is 7. The molecule has 2 aromatic carbocycles. The molecule has 2 aliphatic rings. The van der Waals surface area contributed by atoms with E-state index in [0.29, 0.717) is 37.2 Å². The fourth-order valence-corrected chi connectivity index (χ4v) is 5.41. The molecule has 1 aliphatic carbocycles. The number of amides is 1. The van der Waals surface area contributed by atoms with Crippen molar-refractivity contribution in [3.8, 4) is 5.75 Å². The van der Waals surface area contributed by atoms with E-state index < -0.39 is 10.0 Å². The largest absolute Gasteiger partial charge is 0.490 e. The molecule has 6 nitrogen and oxygen atoms in total. The number of hydrogen-bond donors (Lipinski definition) is 1. The summed E-state index contributed by atoms with van der Waals surface area (Å²) in [6.45, 7) is 0.834. The number of piperidine rings is 1. The molecule has 0 spiro atoms. The summed E-state index contributed by atoms with van der Waals surface area (Å²) in [5.41, 5.74) is 1.33. The van der Waals surface area contributed by atoms with Crippen LogP contribution in [0.3, 0.4) is 0 Å². The van der Waals surface area contributed by atoms with Crippen LogP contribution in [0.4, 0.5) is 0 Å². The maximum Gasteiger partial charge on any atom is 0.255 e. The zero-order valence-electron chi connectivity index (χ0n) is 17.0. The van der Waals surface area contributed by atoms with Crippen molar-refractivity contribution in [2.24, 2.45) is 0 Å². The highest BCUT2D eigenvalue weighted by Crippen LogP contribution is 2.28. The molecule has 30 heavy (non-hydrogen) atoms. The third-order valence-corrected chi connectivity index (χ3v) is 7.70. The van der Waals surface area contributed by atoms with Gasteiger partial charge >= 0.3 is 0 Å². The van der Waals surface area contributed by atoms with E-state index in [4.69, 9.17) is 4.74 Å². The molecular weight excluding hydrogens is 400 g/mol. The normalized spacial score (nSPS) is 18.5. The Kier molecular flexibility index (Phi) is 6.39. The predicted octanol–water partition coefficient (Wildman–Crippen LogP) is 3.34. The van der Waals surface area contributed by atoms with Gasteiger partial charge < -0.3 is 10.1 Å². The van der Waals surface area contributed by atoms with Gasteiger partial charge in [-0.3, -0.25) is 4.79 Å². The lowest BCUT2D eigenvalue weighted by atomic mass is 9.96. The van der Waals surface area contributed by atoms with Crippen LogP contribution in [-0.4, -0.2) is 43.9 Å². The van der Waals surface area contributed by atoms with Gasteiger partial charge in [0.05, 0.1) is 17.4 Å². The summed E-state index contributed by atoms with van der Waals surface area (Å²) in [6.07, 6.45) is 4.65. The molecule has 0 unspecified atom stereocenters. The van der Waals surface area contributed by atoms with Crippen molar-refractivity contribution in [1.29, 1.82) is 0 Å². The van der Waals surface area contributed by atoms with Crippen molar-refractivity contribution >= 4 is 15.9 Å². The third-order valence-electron chi connectivity index (χ3n) is 5.85. The number of nitrogens with one attached hydrogen (secondary N) is 1. The number of ether oxygens (including phenoxy) is 1. The van der Waals surface area contributed by atoms with Gasteiger partial charge in [-0.1, -0.05) is 42.5 Å². The van der Waals surface area contributed by atoms with Crippen LogP contribution >= 0.6 is 0 Å². The van der Waals surface area contributed by atoms with Crippen LogP contribution in [-0.2, 0) is 15.8 Å². The molecule has 4 rings (SSSR count). The van der Waals surface area contributed by atoms with E-state index >= 15 is 0 Å². The van der Waals surface area contributed by atoms with Gasteiger partial charge in [0, 0.05) is 19.1 Å². The molecule has 0 aromatic heterocycles. The summed E-state index contributed by atoms with van der Waals surface area (Å²) in [7, 11) is -3.36. The maximum absolute atomic E-state index is 12.8. The molecule has 7 heteroatoms. The van der Waals surface area contributed by atoms with Crippen LogP contribution in [0.2, 0.25) is 0 Å². The van der Waals surface area contributed by atoms with Crippen molar-refractivity contribution in [2.75, 3.05) is 13.1 Å².